The van der Waals surface area contributed by atoms with Crippen LogP contribution in [0.5, 0.6) is 5.75 Å². The molecule has 2 saturated heterocycles. The van der Waals surface area contributed by atoms with Gasteiger partial charge in [-0.15, -0.1) is 0 Å². The predicted molar refractivity (Wildman–Crippen MR) is 102 cm³/mol. The molecule has 2 aliphatic heterocycles. The third-order valence-electron chi connectivity index (χ3n) is 5.56. The molecule has 0 unspecified atom stereocenters. The molecule has 2 heterocycles. The molecule has 0 saturated carbocycles. The van der Waals surface area contributed by atoms with Crippen LogP contribution in [-0.2, 0) is 19.1 Å². The molecular formula is C20H25N3O6. The average molecular weight is 403 g/mol. The van der Waals surface area contributed by atoms with Crippen molar-refractivity contribution < 1.29 is 28.7 Å². The molecule has 2 N–H and O–H groups in total. The highest BCUT2D eigenvalue weighted by Gasteiger charge is 2.49. The van der Waals surface area contributed by atoms with E-state index in [1.54, 1.807) is 23.1 Å². The lowest BCUT2D eigenvalue weighted by molar-refractivity contribution is -0.151. The normalized spacial score (nSPS) is 23.5. The summed E-state index contributed by atoms with van der Waals surface area (Å²) < 4.78 is 10.4. The first kappa shape index (κ1) is 20.6. The van der Waals surface area contributed by atoms with Crippen molar-refractivity contribution in [3.8, 4) is 5.75 Å². The van der Waals surface area contributed by atoms with Crippen LogP contribution in [0.15, 0.2) is 24.3 Å². The van der Waals surface area contributed by atoms with Crippen LogP contribution >= 0.6 is 0 Å². The highest BCUT2D eigenvalue weighted by molar-refractivity contribution is 5.95. The molecule has 156 valence electrons. The number of piperazine rings is 1. The standard InChI is InChI=1S/C20H25N3O6/c1-3-15-14(20(27)28-2)8-12-9-22(10-17(24)23(12)15)18(25)11-29-16-7-5-4-6-13(16)19(21)26/h4-7,12,14-15H,3,8-11H2,1-2H3,(H2,21,26)/t12-,14-,15-/m0/s1. The average Bonchev–Trinajstić information content (AvgIpc) is 3.10. The number of methoxy groups -OCH3 is 1. The zero-order valence-electron chi connectivity index (χ0n) is 16.5. The molecule has 0 radical (unpaired) electrons. The van der Waals surface area contributed by atoms with Gasteiger partial charge in [0.15, 0.2) is 6.61 Å². The molecule has 1 aromatic rings. The lowest BCUT2D eigenvalue weighted by Crippen LogP contribution is -2.58. The molecule has 2 fully saturated rings. The van der Waals surface area contributed by atoms with E-state index in [4.69, 9.17) is 15.2 Å². The Morgan fingerprint density at radius 1 is 1.24 bits per heavy atom. The van der Waals surface area contributed by atoms with E-state index in [-0.39, 0.29) is 60.2 Å². The van der Waals surface area contributed by atoms with Crippen LogP contribution in [-0.4, -0.2) is 72.4 Å². The second kappa shape index (κ2) is 8.50. The molecule has 1 aromatic carbocycles. The van der Waals surface area contributed by atoms with Crippen LogP contribution in [0.2, 0.25) is 0 Å². The maximum atomic E-state index is 12.7. The number of rotatable bonds is 6. The number of benzene rings is 1. The summed E-state index contributed by atoms with van der Waals surface area (Å²) in [7, 11) is 1.34. The molecule has 0 spiro atoms. The molecule has 0 aromatic heterocycles. The zero-order valence-corrected chi connectivity index (χ0v) is 16.5. The minimum absolute atomic E-state index is 0.0689. The van der Waals surface area contributed by atoms with Crippen molar-refractivity contribution in [3.63, 3.8) is 0 Å². The minimum Gasteiger partial charge on any atom is -0.483 e. The van der Waals surface area contributed by atoms with Crippen molar-refractivity contribution in [1.82, 2.24) is 9.80 Å². The van der Waals surface area contributed by atoms with Gasteiger partial charge in [-0.05, 0) is 25.0 Å². The van der Waals surface area contributed by atoms with Crippen LogP contribution < -0.4 is 10.5 Å². The van der Waals surface area contributed by atoms with E-state index >= 15 is 0 Å². The molecule has 9 nitrogen and oxygen atoms in total. The second-order valence-electron chi connectivity index (χ2n) is 7.22. The Hall–Kier alpha value is -3.10. The Balaban J connectivity index is 1.67. The summed E-state index contributed by atoms with van der Waals surface area (Å²) in [6.07, 6.45) is 1.11. The number of nitrogens with zero attached hydrogens (tertiary/aromatic N) is 2. The van der Waals surface area contributed by atoms with Crippen molar-refractivity contribution in [3.05, 3.63) is 29.8 Å². The van der Waals surface area contributed by atoms with E-state index in [1.807, 2.05) is 6.92 Å². The summed E-state index contributed by atoms with van der Waals surface area (Å²) >= 11 is 0. The van der Waals surface area contributed by atoms with Crippen molar-refractivity contribution in [2.24, 2.45) is 11.7 Å². The van der Waals surface area contributed by atoms with Crippen molar-refractivity contribution in [1.29, 1.82) is 0 Å². The van der Waals surface area contributed by atoms with Gasteiger partial charge in [-0.2, -0.15) is 0 Å². The molecule has 3 atom stereocenters. The van der Waals surface area contributed by atoms with Crippen LogP contribution in [0.1, 0.15) is 30.1 Å². The number of fused-ring (bicyclic) bond motifs is 1. The Morgan fingerprint density at radius 2 is 1.97 bits per heavy atom. The van der Waals surface area contributed by atoms with Gasteiger partial charge in [-0.1, -0.05) is 19.1 Å². The first-order valence-corrected chi connectivity index (χ1v) is 9.55. The molecule has 0 aliphatic carbocycles. The Labute approximate surface area is 168 Å². The molecule has 9 heteroatoms. The van der Waals surface area contributed by atoms with Gasteiger partial charge in [-0.3, -0.25) is 19.2 Å². The fourth-order valence-corrected chi connectivity index (χ4v) is 4.25. The van der Waals surface area contributed by atoms with Gasteiger partial charge < -0.3 is 25.0 Å². The number of hydrogen-bond acceptors (Lipinski definition) is 6. The Kier molecular flexibility index (Phi) is 6.05. The maximum absolute atomic E-state index is 12.7. The SMILES string of the molecule is CC[C@H]1[C@@H](C(=O)OC)C[C@H]2CN(C(=O)COc3ccccc3C(N)=O)CC(=O)N21. The smallest absolute Gasteiger partial charge is 0.310 e. The zero-order chi connectivity index (χ0) is 21.1. The third kappa shape index (κ3) is 4.03. The van der Waals surface area contributed by atoms with Crippen LogP contribution in [0.3, 0.4) is 0 Å². The lowest BCUT2D eigenvalue weighted by Gasteiger charge is -2.39. The quantitative estimate of drug-likeness (QED) is 0.677. The summed E-state index contributed by atoms with van der Waals surface area (Å²) in [4.78, 5) is 52.1. The second-order valence-corrected chi connectivity index (χ2v) is 7.22. The predicted octanol–water partition coefficient (Wildman–Crippen LogP) is 0.175. The summed E-state index contributed by atoms with van der Waals surface area (Å²) in [5.41, 5.74) is 5.50. The molecule has 2 aliphatic rings. The summed E-state index contributed by atoms with van der Waals surface area (Å²) in [5.74, 6) is -1.70. The molecular weight excluding hydrogens is 378 g/mol. The number of primary amides is 1. The van der Waals surface area contributed by atoms with Gasteiger partial charge in [0.05, 0.1) is 31.2 Å². The molecule has 0 bridgehead atoms. The monoisotopic (exact) mass is 403 g/mol. The van der Waals surface area contributed by atoms with Gasteiger partial charge in [0.1, 0.15) is 5.75 Å². The van der Waals surface area contributed by atoms with Crippen molar-refractivity contribution >= 4 is 23.7 Å². The highest BCUT2D eigenvalue weighted by atomic mass is 16.5. The van der Waals surface area contributed by atoms with Gasteiger partial charge in [0.25, 0.3) is 11.8 Å². The van der Waals surface area contributed by atoms with Gasteiger partial charge in [0, 0.05) is 12.6 Å². The van der Waals surface area contributed by atoms with Gasteiger partial charge in [0.2, 0.25) is 5.91 Å². The maximum Gasteiger partial charge on any atom is 0.310 e. The first-order chi connectivity index (χ1) is 13.9. The fourth-order valence-electron chi connectivity index (χ4n) is 4.25. The summed E-state index contributed by atoms with van der Waals surface area (Å²) in [6.45, 7) is 1.87. The van der Waals surface area contributed by atoms with E-state index in [2.05, 4.69) is 0 Å². The van der Waals surface area contributed by atoms with Crippen molar-refractivity contribution in [2.45, 2.75) is 31.8 Å². The lowest BCUT2D eigenvalue weighted by atomic mass is 9.97. The van der Waals surface area contributed by atoms with Gasteiger partial charge >= 0.3 is 5.97 Å². The van der Waals surface area contributed by atoms with E-state index in [0.29, 0.717) is 19.4 Å². The van der Waals surface area contributed by atoms with Crippen molar-refractivity contribution in [2.75, 3.05) is 26.8 Å². The summed E-state index contributed by atoms with van der Waals surface area (Å²) in [6, 6.07) is 5.95. The van der Waals surface area contributed by atoms with E-state index < -0.39 is 5.91 Å². The number of esters is 1. The number of amides is 3. The number of hydrogen-bond donors (Lipinski definition) is 1. The van der Waals surface area contributed by atoms with E-state index in [1.165, 1.54) is 18.1 Å². The minimum atomic E-state index is -0.651. The number of ether oxygens (including phenoxy) is 2. The van der Waals surface area contributed by atoms with Crippen LogP contribution in [0.25, 0.3) is 0 Å². The third-order valence-corrected chi connectivity index (χ3v) is 5.56. The Bertz CT molecular complexity index is 826. The number of para-hydroxylation sites is 1. The van der Waals surface area contributed by atoms with Gasteiger partial charge in [-0.25, -0.2) is 0 Å². The number of carbonyl (C=O) groups is 4. The first-order valence-electron chi connectivity index (χ1n) is 9.55. The Morgan fingerprint density at radius 3 is 2.62 bits per heavy atom. The largest absolute Gasteiger partial charge is 0.483 e. The molecule has 3 rings (SSSR count). The number of carbonyl (C=O) groups excluding carboxylic acids is 4. The van der Waals surface area contributed by atoms with E-state index in [9.17, 15) is 19.2 Å². The molecule has 3 amide bonds. The van der Waals surface area contributed by atoms with Crippen LogP contribution in [0.4, 0.5) is 0 Å². The molecule has 29 heavy (non-hydrogen) atoms. The fraction of sp³-hybridized carbons (Fsp3) is 0.500. The topological polar surface area (TPSA) is 119 Å². The van der Waals surface area contributed by atoms with E-state index in [0.717, 1.165) is 0 Å². The highest BCUT2D eigenvalue weighted by Crippen LogP contribution is 2.35. The number of nitrogens with two attached hydrogens (primary N) is 1. The van der Waals surface area contributed by atoms with Crippen LogP contribution in [0, 0.1) is 5.92 Å². The summed E-state index contributed by atoms with van der Waals surface area (Å²) in [5, 5.41) is 0.